The number of rotatable bonds is 7. The summed E-state index contributed by atoms with van der Waals surface area (Å²) in [5, 5.41) is 7.93. The van der Waals surface area contributed by atoms with Gasteiger partial charge in [0.25, 0.3) is 0 Å². The van der Waals surface area contributed by atoms with E-state index in [1.807, 2.05) is 4.52 Å². The summed E-state index contributed by atoms with van der Waals surface area (Å²) < 4.78 is 25.6. The van der Waals surface area contributed by atoms with E-state index in [1.165, 1.54) is 17.4 Å². The van der Waals surface area contributed by atoms with Gasteiger partial charge in [-0.15, -0.1) is 0 Å². The predicted molar refractivity (Wildman–Crippen MR) is 147 cm³/mol. The summed E-state index contributed by atoms with van der Waals surface area (Å²) in [6, 6.07) is 4.49. The molecule has 196 valence electrons. The largest absolute Gasteiger partial charge is 0.355 e. The molecule has 5 heterocycles. The fourth-order valence-electron chi connectivity index (χ4n) is 5.76. The topological polar surface area (TPSA) is 108 Å². The highest BCUT2D eigenvalue weighted by Crippen LogP contribution is 2.43. The molecule has 4 aromatic heterocycles. The van der Waals surface area contributed by atoms with Gasteiger partial charge in [-0.05, 0) is 62.3 Å². The van der Waals surface area contributed by atoms with E-state index in [0.29, 0.717) is 6.54 Å². The van der Waals surface area contributed by atoms with Gasteiger partial charge in [0.15, 0.2) is 15.5 Å². The minimum absolute atomic E-state index is 0.267. The van der Waals surface area contributed by atoms with Crippen molar-refractivity contribution in [1.82, 2.24) is 29.9 Å². The number of sulfone groups is 1. The molecule has 0 amide bonds. The van der Waals surface area contributed by atoms with Crippen molar-refractivity contribution >= 4 is 32.3 Å². The summed E-state index contributed by atoms with van der Waals surface area (Å²) in [6.07, 6.45) is 7.53. The normalized spacial score (nSPS) is 19.5. The van der Waals surface area contributed by atoms with Crippen molar-refractivity contribution in [2.75, 3.05) is 30.8 Å². The van der Waals surface area contributed by atoms with Gasteiger partial charge in [-0.3, -0.25) is 0 Å². The Morgan fingerprint density at radius 3 is 2.70 bits per heavy atom. The van der Waals surface area contributed by atoms with Crippen LogP contribution in [0.5, 0.6) is 0 Å². The number of H-pyrrole nitrogens is 1. The third-order valence-corrected chi connectivity index (χ3v) is 10.6. The lowest BCUT2D eigenvalue weighted by molar-refractivity contribution is 0.520. The van der Waals surface area contributed by atoms with Crippen molar-refractivity contribution in [1.29, 1.82) is 0 Å². The first kappa shape index (κ1) is 24.4. The van der Waals surface area contributed by atoms with Crippen LogP contribution in [-0.4, -0.2) is 69.7 Å². The van der Waals surface area contributed by atoms with E-state index in [1.54, 1.807) is 6.33 Å². The summed E-state index contributed by atoms with van der Waals surface area (Å²) in [4.78, 5) is 15.5. The maximum Gasteiger partial charge on any atom is 0.158 e. The SMILES string of the molecule is Cc1c(-c2[nH]c3ccc(N4CCC(NCC5(S(C)(=O)=O)CC5)C4)nc3c2C(C)C)cn2ncnc2c1C. The predicted octanol–water partition coefficient (Wildman–Crippen LogP) is 3.76. The first-order chi connectivity index (χ1) is 17.6. The highest BCUT2D eigenvalue weighted by molar-refractivity contribution is 7.92. The van der Waals surface area contributed by atoms with E-state index in [9.17, 15) is 8.42 Å². The molecule has 9 nitrogen and oxygen atoms in total. The smallest absolute Gasteiger partial charge is 0.158 e. The first-order valence-electron chi connectivity index (χ1n) is 13.1. The summed E-state index contributed by atoms with van der Waals surface area (Å²) in [6.45, 7) is 10.9. The Bertz CT molecular complexity index is 1610. The average Bonchev–Trinajstić information content (AvgIpc) is 3.19. The molecule has 1 aliphatic heterocycles. The van der Waals surface area contributed by atoms with Crippen LogP contribution in [0.25, 0.3) is 27.9 Å². The Morgan fingerprint density at radius 2 is 2.00 bits per heavy atom. The molecule has 0 spiro atoms. The van der Waals surface area contributed by atoms with Gasteiger partial charge in [-0.25, -0.2) is 22.9 Å². The van der Waals surface area contributed by atoms with Crippen molar-refractivity contribution < 1.29 is 8.42 Å². The van der Waals surface area contributed by atoms with Crippen LogP contribution in [0, 0.1) is 13.8 Å². The van der Waals surface area contributed by atoms with Crippen molar-refractivity contribution in [3.8, 4) is 11.3 Å². The van der Waals surface area contributed by atoms with Crippen molar-refractivity contribution in [3.05, 3.63) is 41.3 Å². The quantitative estimate of drug-likeness (QED) is 0.381. The van der Waals surface area contributed by atoms with Crippen LogP contribution >= 0.6 is 0 Å². The number of aromatic nitrogens is 5. The number of pyridine rings is 2. The molecule has 1 atom stereocenters. The maximum atomic E-state index is 12.1. The number of aromatic amines is 1. The molecule has 2 aliphatic rings. The number of anilines is 1. The number of nitrogens with one attached hydrogen (secondary N) is 2. The molecule has 4 aromatic rings. The zero-order valence-electron chi connectivity index (χ0n) is 22.2. The van der Waals surface area contributed by atoms with E-state index in [0.717, 1.165) is 71.7 Å². The standard InChI is InChI=1S/C27H35N7O2S/c1-16(2)23-24(20-13-34-26(29-15-30-34)18(4)17(20)3)31-21-6-7-22(32-25(21)23)33-11-8-19(12-33)28-14-27(9-10-27)37(5,35)36/h6-7,13,15-16,19,28,31H,8-12,14H2,1-5H3. The molecule has 0 bridgehead atoms. The number of nitrogens with zero attached hydrogens (tertiary/aromatic N) is 5. The molecule has 6 rings (SSSR count). The Kier molecular flexibility index (Phi) is 5.61. The summed E-state index contributed by atoms with van der Waals surface area (Å²) in [7, 11) is -3.02. The lowest BCUT2D eigenvalue weighted by atomic mass is 9.95. The molecule has 2 fully saturated rings. The Labute approximate surface area is 217 Å². The van der Waals surface area contributed by atoms with Gasteiger partial charge >= 0.3 is 0 Å². The number of aryl methyl sites for hydroxylation is 1. The van der Waals surface area contributed by atoms with Crippen LogP contribution in [0.2, 0.25) is 0 Å². The van der Waals surface area contributed by atoms with E-state index in [-0.39, 0.29) is 12.0 Å². The highest BCUT2D eigenvalue weighted by Gasteiger charge is 2.52. The molecule has 37 heavy (non-hydrogen) atoms. The molecule has 0 aromatic carbocycles. The molecule has 1 saturated heterocycles. The van der Waals surface area contributed by atoms with Gasteiger partial charge in [0.1, 0.15) is 12.1 Å². The molecule has 1 aliphatic carbocycles. The lowest BCUT2D eigenvalue weighted by Gasteiger charge is -2.20. The zero-order chi connectivity index (χ0) is 26.1. The summed E-state index contributed by atoms with van der Waals surface area (Å²) >= 11 is 0. The Hall–Kier alpha value is -2.98. The van der Waals surface area contributed by atoms with Crippen LogP contribution in [0.3, 0.4) is 0 Å². The van der Waals surface area contributed by atoms with Gasteiger partial charge in [0.05, 0.1) is 21.5 Å². The Balaban J connectivity index is 1.30. The number of hydrogen-bond acceptors (Lipinski definition) is 7. The maximum absolute atomic E-state index is 12.1. The fraction of sp³-hybridized carbons (Fsp3) is 0.519. The van der Waals surface area contributed by atoms with Gasteiger partial charge in [0, 0.05) is 49.3 Å². The zero-order valence-corrected chi connectivity index (χ0v) is 23.0. The molecule has 1 saturated carbocycles. The van der Waals surface area contributed by atoms with E-state index in [2.05, 4.69) is 71.3 Å². The number of fused-ring (bicyclic) bond motifs is 2. The highest BCUT2D eigenvalue weighted by atomic mass is 32.2. The van der Waals surface area contributed by atoms with Crippen LogP contribution in [0.4, 0.5) is 5.82 Å². The monoisotopic (exact) mass is 521 g/mol. The molecule has 10 heteroatoms. The van der Waals surface area contributed by atoms with Crippen molar-refractivity contribution in [2.24, 2.45) is 0 Å². The van der Waals surface area contributed by atoms with Crippen LogP contribution in [-0.2, 0) is 9.84 Å². The molecular formula is C27H35N7O2S. The van der Waals surface area contributed by atoms with Gasteiger partial charge in [-0.1, -0.05) is 13.8 Å². The van der Waals surface area contributed by atoms with Gasteiger partial charge < -0.3 is 15.2 Å². The number of hydrogen-bond donors (Lipinski definition) is 2. The Morgan fingerprint density at radius 1 is 1.22 bits per heavy atom. The fourth-order valence-corrected chi connectivity index (χ4v) is 6.95. The third kappa shape index (κ3) is 4.01. The van der Waals surface area contributed by atoms with Gasteiger partial charge in [-0.2, -0.15) is 5.10 Å². The molecule has 2 N–H and O–H groups in total. The minimum atomic E-state index is -3.02. The van der Waals surface area contributed by atoms with E-state index < -0.39 is 14.6 Å². The van der Waals surface area contributed by atoms with Crippen LogP contribution < -0.4 is 10.2 Å². The van der Waals surface area contributed by atoms with Gasteiger partial charge in [0.2, 0.25) is 0 Å². The van der Waals surface area contributed by atoms with Crippen molar-refractivity contribution in [3.63, 3.8) is 0 Å². The second-order valence-electron chi connectivity index (χ2n) is 11.2. The average molecular weight is 522 g/mol. The molecule has 1 unspecified atom stereocenters. The van der Waals surface area contributed by atoms with E-state index >= 15 is 0 Å². The second-order valence-corrected chi connectivity index (χ2v) is 13.6. The molecule has 0 radical (unpaired) electrons. The summed E-state index contributed by atoms with van der Waals surface area (Å²) in [5.74, 6) is 1.24. The van der Waals surface area contributed by atoms with Crippen LogP contribution in [0.1, 0.15) is 55.7 Å². The van der Waals surface area contributed by atoms with Crippen molar-refractivity contribution in [2.45, 2.75) is 63.7 Å². The third-order valence-electron chi connectivity index (χ3n) is 8.46. The lowest BCUT2D eigenvalue weighted by Crippen LogP contribution is -2.41. The molecular weight excluding hydrogens is 486 g/mol. The first-order valence-corrected chi connectivity index (χ1v) is 15.0. The summed E-state index contributed by atoms with van der Waals surface area (Å²) in [5.41, 5.74) is 8.62. The van der Waals surface area contributed by atoms with E-state index in [4.69, 9.17) is 4.98 Å². The minimum Gasteiger partial charge on any atom is -0.355 e. The second kappa shape index (κ2) is 8.52. The van der Waals surface area contributed by atoms with Crippen LogP contribution in [0.15, 0.2) is 24.7 Å².